The standard InChI is InChI=1S/C24H28N4O4S/c1-13-10-14(2)20(18(29)11-13)16-12-17(28-27-16)22(30)26-24-21(23(31)25-8-9-32-3)15-6-4-5-7-19(15)33-24/h10-12,29H,4-9H2,1-3H3,(H,25,31)(H,26,30)(H,27,28). The van der Waals surface area contributed by atoms with Crippen LogP contribution < -0.4 is 10.6 Å². The normalized spacial score (nSPS) is 12.9. The molecule has 9 heteroatoms. The Balaban J connectivity index is 1.59. The fourth-order valence-electron chi connectivity index (χ4n) is 4.26. The number of aromatic nitrogens is 2. The molecule has 8 nitrogen and oxygen atoms in total. The van der Waals surface area contributed by atoms with Crippen LogP contribution in [0.4, 0.5) is 5.00 Å². The minimum atomic E-state index is -0.387. The maximum absolute atomic E-state index is 13.0. The van der Waals surface area contributed by atoms with Gasteiger partial charge in [0, 0.05) is 24.1 Å². The summed E-state index contributed by atoms with van der Waals surface area (Å²) in [6.07, 6.45) is 3.84. The first-order chi connectivity index (χ1) is 15.9. The molecule has 1 aliphatic carbocycles. The highest BCUT2D eigenvalue weighted by atomic mass is 32.1. The van der Waals surface area contributed by atoms with Gasteiger partial charge in [0.2, 0.25) is 0 Å². The highest BCUT2D eigenvalue weighted by molar-refractivity contribution is 7.17. The number of carbonyl (C=O) groups excluding carboxylic acids is 2. The average Bonchev–Trinajstić information content (AvgIpc) is 3.38. The number of phenolic OH excluding ortho intramolecular Hbond substituents is 1. The lowest BCUT2D eigenvalue weighted by Crippen LogP contribution is -2.28. The van der Waals surface area contributed by atoms with Crippen molar-refractivity contribution in [3.63, 3.8) is 0 Å². The molecule has 0 fully saturated rings. The van der Waals surface area contributed by atoms with Crippen LogP contribution in [0.15, 0.2) is 18.2 Å². The number of thiophene rings is 1. The number of rotatable bonds is 7. The minimum absolute atomic E-state index is 0.118. The quantitative estimate of drug-likeness (QED) is 0.392. The van der Waals surface area contributed by atoms with Crippen molar-refractivity contribution in [1.82, 2.24) is 15.5 Å². The number of fused-ring (bicyclic) bond motifs is 1. The van der Waals surface area contributed by atoms with Gasteiger partial charge < -0.3 is 20.5 Å². The fourth-order valence-corrected chi connectivity index (χ4v) is 5.55. The predicted molar refractivity (Wildman–Crippen MR) is 128 cm³/mol. The summed E-state index contributed by atoms with van der Waals surface area (Å²) in [4.78, 5) is 27.1. The van der Waals surface area contributed by atoms with Crippen LogP contribution in [0.3, 0.4) is 0 Å². The first kappa shape index (κ1) is 23.0. The Labute approximate surface area is 196 Å². The van der Waals surface area contributed by atoms with Crippen LogP contribution in [-0.4, -0.2) is 47.4 Å². The second kappa shape index (κ2) is 9.76. The van der Waals surface area contributed by atoms with Crippen LogP contribution in [0, 0.1) is 13.8 Å². The lowest BCUT2D eigenvalue weighted by molar-refractivity contribution is 0.0937. The average molecular weight is 469 g/mol. The summed E-state index contributed by atoms with van der Waals surface area (Å²) < 4.78 is 5.03. The molecule has 0 saturated heterocycles. The van der Waals surface area contributed by atoms with E-state index in [1.807, 2.05) is 19.9 Å². The summed E-state index contributed by atoms with van der Waals surface area (Å²) in [6.45, 7) is 4.61. The van der Waals surface area contributed by atoms with Crippen molar-refractivity contribution >= 4 is 28.2 Å². The van der Waals surface area contributed by atoms with E-state index in [4.69, 9.17) is 4.74 Å². The number of hydrogen-bond acceptors (Lipinski definition) is 6. The van der Waals surface area contributed by atoms with Gasteiger partial charge in [0.25, 0.3) is 11.8 Å². The third kappa shape index (κ3) is 4.79. The van der Waals surface area contributed by atoms with Gasteiger partial charge in [0.05, 0.1) is 17.9 Å². The molecule has 2 aromatic heterocycles. The molecule has 33 heavy (non-hydrogen) atoms. The van der Waals surface area contributed by atoms with E-state index in [-0.39, 0.29) is 23.3 Å². The van der Waals surface area contributed by atoms with Crippen molar-refractivity contribution in [2.24, 2.45) is 0 Å². The van der Waals surface area contributed by atoms with Crippen LogP contribution in [0.5, 0.6) is 5.75 Å². The molecule has 0 atom stereocenters. The van der Waals surface area contributed by atoms with E-state index in [2.05, 4.69) is 20.8 Å². The van der Waals surface area contributed by atoms with Gasteiger partial charge in [-0.2, -0.15) is 5.10 Å². The summed E-state index contributed by atoms with van der Waals surface area (Å²) in [7, 11) is 1.58. The van der Waals surface area contributed by atoms with Crippen molar-refractivity contribution in [2.45, 2.75) is 39.5 Å². The summed E-state index contributed by atoms with van der Waals surface area (Å²) in [5, 5.41) is 23.7. The van der Waals surface area contributed by atoms with Crippen LogP contribution in [-0.2, 0) is 17.6 Å². The smallest absolute Gasteiger partial charge is 0.274 e. The fraction of sp³-hybridized carbons (Fsp3) is 0.375. The Bertz CT molecular complexity index is 1170. The zero-order valence-electron chi connectivity index (χ0n) is 19.0. The molecular weight excluding hydrogens is 440 g/mol. The van der Waals surface area contributed by atoms with E-state index in [1.165, 1.54) is 11.3 Å². The molecule has 1 aromatic carbocycles. The number of hydrogen-bond donors (Lipinski definition) is 4. The molecule has 0 aliphatic heterocycles. The largest absolute Gasteiger partial charge is 0.507 e. The van der Waals surface area contributed by atoms with Gasteiger partial charge in [-0.3, -0.25) is 14.7 Å². The number of benzene rings is 1. The number of aryl methyl sites for hydroxylation is 3. The Morgan fingerprint density at radius 3 is 2.73 bits per heavy atom. The summed E-state index contributed by atoms with van der Waals surface area (Å²) in [6, 6.07) is 5.23. The topological polar surface area (TPSA) is 116 Å². The van der Waals surface area contributed by atoms with Crippen molar-refractivity contribution in [3.05, 3.63) is 51.0 Å². The molecule has 4 N–H and O–H groups in total. The minimum Gasteiger partial charge on any atom is -0.507 e. The van der Waals surface area contributed by atoms with Crippen molar-refractivity contribution in [1.29, 1.82) is 0 Å². The SMILES string of the molecule is COCCNC(=O)c1c(NC(=O)c2cc(-c3c(C)cc(C)cc3O)n[nH]2)sc2c1CCCC2. The number of amides is 2. The number of nitrogens with zero attached hydrogens (tertiary/aromatic N) is 1. The highest BCUT2D eigenvalue weighted by Crippen LogP contribution is 2.38. The van der Waals surface area contributed by atoms with Crippen molar-refractivity contribution in [3.8, 4) is 17.0 Å². The number of nitrogens with one attached hydrogen (secondary N) is 3. The third-order valence-electron chi connectivity index (χ3n) is 5.75. The van der Waals surface area contributed by atoms with Crippen LogP contribution >= 0.6 is 11.3 Å². The molecule has 2 amide bonds. The zero-order valence-corrected chi connectivity index (χ0v) is 19.8. The molecule has 0 saturated carbocycles. The molecule has 0 spiro atoms. The second-order valence-electron chi connectivity index (χ2n) is 8.26. The van der Waals surface area contributed by atoms with Crippen LogP contribution in [0.25, 0.3) is 11.3 Å². The van der Waals surface area contributed by atoms with E-state index in [9.17, 15) is 14.7 Å². The van der Waals surface area contributed by atoms with Crippen LogP contribution in [0.2, 0.25) is 0 Å². The number of ether oxygens (including phenoxy) is 1. The molecule has 0 bridgehead atoms. The lowest BCUT2D eigenvalue weighted by atomic mass is 9.95. The molecule has 4 rings (SSSR count). The molecule has 2 heterocycles. The number of phenols is 1. The second-order valence-corrected chi connectivity index (χ2v) is 9.37. The summed E-state index contributed by atoms with van der Waals surface area (Å²) >= 11 is 1.46. The molecule has 3 aromatic rings. The van der Waals surface area contributed by atoms with Gasteiger partial charge >= 0.3 is 0 Å². The first-order valence-electron chi connectivity index (χ1n) is 11.0. The van der Waals surface area contributed by atoms with Gasteiger partial charge in [-0.25, -0.2) is 0 Å². The Morgan fingerprint density at radius 1 is 1.18 bits per heavy atom. The maximum atomic E-state index is 13.0. The van der Waals surface area contributed by atoms with Gasteiger partial charge in [-0.1, -0.05) is 6.07 Å². The van der Waals surface area contributed by atoms with Gasteiger partial charge in [-0.05, 0) is 68.4 Å². The Hall–Kier alpha value is -3.17. The third-order valence-corrected chi connectivity index (χ3v) is 6.96. The Morgan fingerprint density at radius 2 is 1.97 bits per heavy atom. The molecular formula is C24H28N4O4S. The van der Waals surface area contributed by atoms with E-state index < -0.39 is 0 Å². The molecule has 0 radical (unpaired) electrons. The number of aromatic amines is 1. The zero-order chi connectivity index (χ0) is 23.5. The summed E-state index contributed by atoms with van der Waals surface area (Å²) in [5.41, 5.74) is 4.71. The van der Waals surface area contributed by atoms with E-state index in [1.54, 1.807) is 19.2 Å². The number of carbonyl (C=O) groups is 2. The number of anilines is 1. The Kier molecular flexibility index (Phi) is 6.80. The monoisotopic (exact) mass is 468 g/mol. The summed E-state index contributed by atoms with van der Waals surface area (Å²) in [5.74, 6) is -0.471. The number of H-pyrrole nitrogens is 1. The lowest BCUT2D eigenvalue weighted by Gasteiger charge is -2.13. The van der Waals surface area contributed by atoms with Crippen LogP contribution in [0.1, 0.15) is 55.3 Å². The van der Waals surface area contributed by atoms with Gasteiger partial charge in [0.15, 0.2) is 0 Å². The first-order valence-corrected chi connectivity index (χ1v) is 11.8. The van der Waals surface area contributed by atoms with E-state index >= 15 is 0 Å². The van der Waals surface area contributed by atoms with E-state index in [0.29, 0.717) is 35.0 Å². The van der Waals surface area contributed by atoms with Crippen molar-refractivity contribution < 1.29 is 19.4 Å². The van der Waals surface area contributed by atoms with Gasteiger partial charge in [-0.15, -0.1) is 11.3 Å². The molecule has 1 aliphatic rings. The highest BCUT2D eigenvalue weighted by Gasteiger charge is 2.27. The molecule has 0 unspecified atom stereocenters. The molecule has 174 valence electrons. The van der Waals surface area contributed by atoms with Gasteiger partial charge in [0.1, 0.15) is 16.4 Å². The predicted octanol–water partition coefficient (Wildman–Crippen LogP) is 3.97. The maximum Gasteiger partial charge on any atom is 0.274 e. The number of aromatic hydroxyl groups is 1. The van der Waals surface area contributed by atoms with Crippen molar-refractivity contribution in [2.75, 3.05) is 25.6 Å². The number of methoxy groups -OCH3 is 1. The van der Waals surface area contributed by atoms with E-state index in [0.717, 1.165) is 47.3 Å².